The first-order chi connectivity index (χ1) is 24.7. The van der Waals surface area contributed by atoms with Crippen LogP contribution in [0.5, 0.6) is 0 Å². The third kappa shape index (κ3) is 21.9. The summed E-state index contributed by atoms with van der Waals surface area (Å²) in [5, 5.41) is 34.7. The van der Waals surface area contributed by atoms with E-state index in [1.54, 1.807) is 4.90 Å². The number of rotatable bonds is 33. The number of nitrogens with two attached hydrogens (primary N) is 1. The van der Waals surface area contributed by atoms with Crippen molar-refractivity contribution in [3.8, 4) is 0 Å². The standard InChI is InChI=1S/C42H83N3O6/c1-5-7-9-11-13-15-17-18-19-21-23-25-27-29-31-45(37(47)30-28-26-24-22-20-16-14-12-10-8-6-2)42-38(40(49)39(48)36(33-46)51-42)44-41(50)35(43)32-34(3)4/h34-36,38-40,42,46,48-49H,5-33,43H2,1-4H3,(H,44,50)/t35-,36+,38+,39+,40+,42+/m0/s1. The van der Waals surface area contributed by atoms with E-state index in [-0.39, 0.29) is 11.8 Å². The first kappa shape index (κ1) is 47.8. The van der Waals surface area contributed by atoms with Crippen molar-refractivity contribution in [3.63, 3.8) is 0 Å². The van der Waals surface area contributed by atoms with Gasteiger partial charge in [0.25, 0.3) is 0 Å². The summed E-state index contributed by atoms with van der Waals surface area (Å²) in [6.45, 7) is 8.38. The highest BCUT2D eigenvalue weighted by atomic mass is 16.5. The molecule has 6 atom stereocenters. The first-order valence-electron chi connectivity index (χ1n) is 21.7. The minimum atomic E-state index is -1.43. The summed E-state index contributed by atoms with van der Waals surface area (Å²) >= 11 is 0. The normalized spacial score (nSPS) is 21.2. The van der Waals surface area contributed by atoms with Crippen LogP contribution in [0.3, 0.4) is 0 Å². The van der Waals surface area contributed by atoms with Crippen molar-refractivity contribution < 1.29 is 29.6 Å². The van der Waals surface area contributed by atoms with Crippen LogP contribution in [0.1, 0.15) is 201 Å². The Morgan fingerprint density at radius 3 is 1.49 bits per heavy atom. The number of amides is 2. The molecular formula is C42H83N3O6. The van der Waals surface area contributed by atoms with E-state index in [0.29, 0.717) is 19.4 Å². The zero-order chi connectivity index (χ0) is 37.7. The Labute approximate surface area is 313 Å². The first-order valence-corrected chi connectivity index (χ1v) is 21.7. The topological polar surface area (TPSA) is 145 Å². The van der Waals surface area contributed by atoms with E-state index in [1.165, 1.54) is 122 Å². The third-order valence-electron chi connectivity index (χ3n) is 10.6. The summed E-state index contributed by atoms with van der Waals surface area (Å²) in [4.78, 5) is 28.6. The summed E-state index contributed by atoms with van der Waals surface area (Å²) in [5.41, 5.74) is 6.18. The highest BCUT2D eigenvalue weighted by molar-refractivity contribution is 5.82. The maximum absolute atomic E-state index is 13.9. The minimum absolute atomic E-state index is 0.0865. The van der Waals surface area contributed by atoms with Crippen LogP contribution in [0.25, 0.3) is 0 Å². The molecule has 0 bridgehead atoms. The van der Waals surface area contributed by atoms with Gasteiger partial charge in [-0.05, 0) is 25.2 Å². The smallest absolute Gasteiger partial charge is 0.237 e. The average molecular weight is 726 g/mol. The van der Waals surface area contributed by atoms with Gasteiger partial charge in [-0.15, -0.1) is 0 Å². The van der Waals surface area contributed by atoms with Gasteiger partial charge in [0.15, 0.2) is 6.23 Å². The van der Waals surface area contributed by atoms with E-state index < -0.39 is 49.1 Å². The van der Waals surface area contributed by atoms with Crippen LogP contribution in [0.15, 0.2) is 0 Å². The Balaban J connectivity index is 2.75. The van der Waals surface area contributed by atoms with E-state index >= 15 is 0 Å². The molecule has 302 valence electrons. The van der Waals surface area contributed by atoms with Crippen LogP contribution in [0.4, 0.5) is 0 Å². The predicted octanol–water partition coefficient (Wildman–Crippen LogP) is 8.29. The van der Waals surface area contributed by atoms with Gasteiger partial charge in [0.2, 0.25) is 11.8 Å². The van der Waals surface area contributed by atoms with Crippen LogP contribution in [-0.4, -0.2) is 81.8 Å². The van der Waals surface area contributed by atoms with Crippen LogP contribution in [0.2, 0.25) is 0 Å². The van der Waals surface area contributed by atoms with Gasteiger partial charge in [0.05, 0.1) is 12.6 Å². The summed E-state index contributed by atoms with van der Waals surface area (Å²) in [5.74, 6) is -0.343. The molecule has 0 saturated carbocycles. The quantitative estimate of drug-likeness (QED) is 0.0428. The number of unbranched alkanes of at least 4 members (excludes halogenated alkanes) is 23. The molecule has 0 unspecified atom stereocenters. The summed E-state index contributed by atoms with van der Waals surface area (Å²) in [6.07, 6.45) is 26.3. The van der Waals surface area contributed by atoms with Crippen molar-refractivity contribution in [1.82, 2.24) is 10.2 Å². The number of carbonyl (C=O) groups excluding carboxylic acids is 2. The molecule has 1 aliphatic heterocycles. The monoisotopic (exact) mass is 726 g/mol. The molecule has 1 heterocycles. The van der Waals surface area contributed by atoms with Gasteiger partial charge in [-0.1, -0.05) is 175 Å². The van der Waals surface area contributed by atoms with Crippen molar-refractivity contribution in [2.24, 2.45) is 11.7 Å². The molecule has 1 fully saturated rings. The maximum atomic E-state index is 13.9. The van der Waals surface area contributed by atoms with Crippen molar-refractivity contribution in [2.45, 2.75) is 238 Å². The van der Waals surface area contributed by atoms with Gasteiger partial charge < -0.3 is 36.0 Å². The molecule has 0 radical (unpaired) electrons. The highest BCUT2D eigenvalue weighted by Gasteiger charge is 2.48. The molecule has 0 spiro atoms. The fraction of sp³-hybridized carbons (Fsp3) is 0.952. The van der Waals surface area contributed by atoms with Crippen LogP contribution in [-0.2, 0) is 14.3 Å². The number of ether oxygens (including phenoxy) is 1. The van der Waals surface area contributed by atoms with Gasteiger partial charge in [-0.2, -0.15) is 0 Å². The number of carbonyl (C=O) groups is 2. The second-order valence-electron chi connectivity index (χ2n) is 16.0. The van der Waals surface area contributed by atoms with E-state index in [9.17, 15) is 24.9 Å². The van der Waals surface area contributed by atoms with Crippen LogP contribution < -0.4 is 11.1 Å². The molecule has 2 amide bonds. The Kier molecular flexibility index (Phi) is 29.1. The number of hydrogen-bond donors (Lipinski definition) is 5. The van der Waals surface area contributed by atoms with Crippen molar-refractivity contribution >= 4 is 11.8 Å². The van der Waals surface area contributed by atoms with Crippen LogP contribution >= 0.6 is 0 Å². The fourth-order valence-corrected chi connectivity index (χ4v) is 7.36. The van der Waals surface area contributed by atoms with E-state index in [1.807, 2.05) is 13.8 Å². The lowest BCUT2D eigenvalue weighted by Crippen LogP contribution is -2.69. The Morgan fingerprint density at radius 1 is 0.667 bits per heavy atom. The highest BCUT2D eigenvalue weighted by Crippen LogP contribution is 2.26. The van der Waals surface area contributed by atoms with Gasteiger partial charge in [0.1, 0.15) is 24.4 Å². The summed E-state index contributed by atoms with van der Waals surface area (Å²) in [7, 11) is 0. The lowest BCUT2D eigenvalue weighted by molar-refractivity contribution is -0.231. The summed E-state index contributed by atoms with van der Waals surface area (Å²) in [6, 6.07) is -1.86. The largest absolute Gasteiger partial charge is 0.394 e. The molecule has 1 aliphatic rings. The second-order valence-corrected chi connectivity index (χ2v) is 16.0. The number of nitrogens with one attached hydrogen (secondary N) is 1. The lowest BCUT2D eigenvalue weighted by Gasteiger charge is -2.47. The average Bonchev–Trinajstić information content (AvgIpc) is 3.11. The fourth-order valence-electron chi connectivity index (χ4n) is 7.36. The number of nitrogens with zero attached hydrogens (tertiary/aromatic N) is 1. The van der Waals surface area contributed by atoms with Crippen molar-refractivity contribution in [2.75, 3.05) is 13.2 Å². The summed E-state index contributed by atoms with van der Waals surface area (Å²) < 4.78 is 6.14. The maximum Gasteiger partial charge on any atom is 0.237 e. The lowest BCUT2D eigenvalue weighted by atomic mass is 9.94. The van der Waals surface area contributed by atoms with E-state index in [4.69, 9.17) is 10.5 Å². The predicted molar refractivity (Wildman–Crippen MR) is 210 cm³/mol. The van der Waals surface area contributed by atoms with Gasteiger partial charge >= 0.3 is 0 Å². The zero-order valence-corrected chi connectivity index (χ0v) is 33.6. The molecular weight excluding hydrogens is 642 g/mol. The molecule has 9 nitrogen and oxygen atoms in total. The molecule has 0 aliphatic carbocycles. The molecule has 1 saturated heterocycles. The molecule has 1 rings (SSSR count). The molecule has 0 aromatic carbocycles. The molecule has 9 heteroatoms. The Bertz CT molecular complexity index is 845. The van der Waals surface area contributed by atoms with E-state index in [0.717, 1.165) is 38.5 Å². The molecule has 51 heavy (non-hydrogen) atoms. The van der Waals surface area contributed by atoms with Crippen molar-refractivity contribution in [3.05, 3.63) is 0 Å². The molecule has 0 aromatic heterocycles. The molecule has 0 aromatic rings. The second kappa shape index (κ2) is 31.1. The number of aliphatic hydroxyl groups excluding tert-OH is 3. The van der Waals surface area contributed by atoms with Gasteiger partial charge in [-0.3, -0.25) is 9.59 Å². The SMILES string of the molecule is CCCCCCCCCCCCCCCCN(C(=O)CCCCCCCCCCCCC)[C@@H]1O[C@H](CO)[C@@H](O)[C@H](O)[C@H]1NC(=O)[C@@H](N)CC(C)C. The molecule has 6 N–H and O–H groups in total. The van der Waals surface area contributed by atoms with Gasteiger partial charge in [0, 0.05) is 13.0 Å². The Morgan fingerprint density at radius 2 is 1.08 bits per heavy atom. The zero-order valence-electron chi connectivity index (χ0n) is 33.6. The minimum Gasteiger partial charge on any atom is -0.394 e. The Hall–Kier alpha value is -1.26. The van der Waals surface area contributed by atoms with Crippen molar-refractivity contribution in [1.29, 1.82) is 0 Å². The van der Waals surface area contributed by atoms with Gasteiger partial charge in [-0.25, -0.2) is 0 Å². The number of aliphatic hydroxyl groups is 3. The number of hydrogen-bond acceptors (Lipinski definition) is 7. The van der Waals surface area contributed by atoms with E-state index in [2.05, 4.69) is 19.2 Å². The van der Waals surface area contributed by atoms with Crippen LogP contribution in [0, 0.1) is 5.92 Å². The third-order valence-corrected chi connectivity index (χ3v) is 10.6.